The first kappa shape index (κ1) is 6.09. The van der Waals surface area contributed by atoms with E-state index in [4.69, 9.17) is 0 Å². The first-order chi connectivity index (χ1) is 5.36. The number of hydrogen-bond donors (Lipinski definition) is 0. The minimum absolute atomic E-state index is 0.590. The molecule has 0 aromatic carbocycles. The molecule has 5 heteroatoms. The summed E-state index contributed by atoms with van der Waals surface area (Å²) in [6, 6.07) is 0. The second kappa shape index (κ2) is 2.19. The average molecular weight is 147 g/mol. The van der Waals surface area contributed by atoms with E-state index < -0.39 is 0 Å². The van der Waals surface area contributed by atoms with Crippen LogP contribution in [0.1, 0.15) is 5.82 Å². The number of aromatic nitrogens is 5. The van der Waals surface area contributed by atoms with Crippen molar-refractivity contribution in [2.45, 2.75) is 6.92 Å². The summed E-state index contributed by atoms with van der Waals surface area (Å²) in [6.07, 6.45) is 2.98. The van der Waals surface area contributed by atoms with Crippen LogP contribution in [0.15, 0.2) is 12.5 Å². The number of aryl methyl sites for hydroxylation is 1. The van der Waals surface area contributed by atoms with Crippen LogP contribution < -0.4 is 0 Å². The molecule has 5 nitrogen and oxygen atoms in total. The van der Waals surface area contributed by atoms with Crippen LogP contribution in [0.4, 0.5) is 0 Å². The lowest BCUT2D eigenvalue weighted by Crippen LogP contribution is -1.93. The predicted molar refractivity (Wildman–Crippen MR) is 37.7 cm³/mol. The molecule has 0 atom stereocenters. The maximum Gasteiger partial charge on any atom is 0.184 e. The Bertz CT molecular complexity index is 385. The molecule has 54 valence electrons. The molecule has 0 unspecified atom stereocenters. The highest BCUT2D eigenvalue weighted by molar-refractivity contribution is 5.66. The van der Waals surface area contributed by atoms with E-state index in [-0.39, 0.29) is 0 Å². The Hall–Kier alpha value is -1.65. The molecular weight excluding hydrogens is 142 g/mol. The number of hydrogen-bond acceptors (Lipinski definition) is 5. The van der Waals surface area contributed by atoms with Crippen LogP contribution in [0.3, 0.4) is 0 Å². The van der Waals surface area contributed by atoms with Gasteiger partial charge in [-0.05, 0) is 6.92 Å². The fraction of sp³-hybridized carbons (Fsp3) is 0.167. The third-order valence-corrected chi connectivity index (χ3v) is 1.27. The summed E-state index contributed by atoms with van der Waals surface area (Å²) in [6.45, 7) is 1.81. The monoisotopic (exact) mass is 147 g/mol. The van der Waals surface area contributed by atoms with Crippen molar-refractivity contribution in [2.75, 3.05) is 0 Å². The van der Waals surface area contributed by atoms with E-state index in [0.29, 0.717) is 17.0 Å². The summed E-state index contributed by atoms with van der Waals surface area (Å²) >= 11 is 0. The average Bonchev–Trinajstić information content (AvgIpc) is 2.04. The zero-order valence-corrected chi connectivity index (χ0v) is 5.89. The van der Waals surface area contributed by atoms with Crippen molar-refractivity contribution in [3.63, 3.8) is 0 Å². The SMILES string of the molecule is Cc1ncc2nncnc2n1. The summed E-state index contributed by atoms with van der Waals surface area (Å²) in [4.78, 5) is 11.9. The van der Waals surface area contributed by atoms with Crippen LogP contribution in [0.5, 0.6) is 0 Å². The van der Waals surface area contributed by atoms with Gasteiger partial charge in [0.25, 0.3) is 0 Å². The van der Waals surface area contributed by atoms with Crippen LogP contribution in [-0.2, 0) is 0 Å². The molecule has 0 spiro atoms. The Morgan fingerprint density at radius 3 is 3.09 bits per heavy atom. The Balaban J connectivity index is 2.83. The predicted octanol–water partition coefficient (Wildman–Crippen LogP) is 0.123. The number of fused-ring (bicyclic) bond motifs is 1. The normalized spacial score (nSPS) is 10.3. The molecule has 2 aromatic heterocycles. The van der Waals surface area contributed by atoms with Gasteiger partial charge < -0.3 is 0 Å². The van der Waals surface area contributed by atoms with Crippen LogP contribution in [0, 0.1) is 6.92 Å². The highest BCUT2D eigenvalue weighted by Gasteiger charge is 1.96. The Morgan fingerprint density at radius 1 is 1.27 bits per heavy atom. The van der Waals surface area contributed by atoms with Gasteiger partial charge in [-0.2, -0.15) is 0 Å². The number of nitrogens with zero attached hydrogens (tertiary/aromatic N) is 5. The van der Waals surface area contributed by atoms with Gasteiger partial charge in [-0.25, -0.2) is 15.0 Å². The van der Waals surface area contributed by atoms with Gasteiger partial charge in [0.05, 0.1) is 6.20 Å². The Kier molecular flexibility index (Phi) is 1.21. The topological polar surface area (TPSA) is 64.5 Å². The van der Waals surface area contributed by atoms with E-state index in [0.717, 1.165) is 0 Å². The summed E-state index contributed by atoms with van der Waals surface area (Å²) in [7, 11) is 0. The quantitative estimate of drug-likeness (QED) is 0.529. The molecule has 0 radical (unpaired) electrons. The van der Waals surface area contributed by atoms with E-state index in [1.165, 1.54) is 6.33 Å². The van der Waals surface area contributed by atoms with Crippen LogP contribution in [0.2, 0.25) is 0 Å². The second-order valence-electron chi connectivity index (χ2n) is 2.09. The summed E-state index contributed by atoms with van der Waals surface area (Å²) in [5, 5.41) is 7.39. The fourth-order valence-corrected chi connectivity index (χ4v) is 0.786. The van der Waals surface area contributed by atoms with Crippen molar-refractivity contribution in [3.8, 4) is 0 Å². The molecular formula is C6H5N5. The summed E-state index contributed by atoms with van der Waals surface area (Å²) in [5.41, 5.74) is 1.21. The molecule has 0 aliphatic carbocycles. The molecule has 2 aromatic rings. The van der Waals surface area contributed by atoms with Gasteiger partial charge in [-0.3, -0.25) is 0 Å². The van der Waals surface area contributed by atoms with Gasteiger partial charge in [0.15, 0.2) is 5.65 Å². The molecule has 11 heavy (non-hydrogen) atoms. The molecule has 0 saturated heterocycles. The zero-order valence-electron chi connectivity index (χ0n) is 5.89. The maximum atomic E-state index is 4.05. The maximum absolute atomic E-state index is 4.05. The van der Waals surface area contributed by atoms with Crippen molar-refractivity contribution in [2.24, 2.45) is 0 Å². The zero-order chi connectivity index (χ0) is 7.68. The molecule has 0 N–H and O–H groups in total. The third kappa shape index (κ3) is 1.000. The van der Waals surface area contributed by atoms with Crippen molar-refractivity contribution in [1.29, 1.82) is 0 Å². The van der Waals surface area contributed by atoms with Gasteiger partial charge in [0.2, 0.25) is 0 Å². The lowest BCUT2D eigenvalue weighted by atomic mass is 10.5. The summed E-state index contributed by atoms with van der Waals surface area (Å²) < 4.78 is 0. The standard InChI is InChI=1S/C6H5N5/c1-4-7-2-5-6(10-4)8-3-9-11-5/h2-3H,1H3. The van der Waals surface area contributed by atoms with Gasteiger partial charge in [-0.15, -0.1) is 10.2 Å². The molecule has 2 heterocycles. The summed E-state index contributed by atoms with van der Waals surface area (Å²) in [5.74, 6) is 0.693. The number of rotatable bonds is 0. The molecule has 0 amide bonds. The van der Waals surface area contributed by atoms with E-state index in [1.807, 2.05) is 6.92 Å². The fourth-order valence-electron chi connectivity index (χ4n) is 0.786. The van der Waals surface area contributed by atoms with Crippen molar-refractivity contribution < 1.29 is 0 Å². The van der Waals surface area contributed by atoms with Crippen molar-refractivity contribution in [1.82, 2.24) is 25.1 Å². The lowest BCUT2D eigenvalue weighted by molar-refractivity contribution is 0.977. The van der Waals surface area contributed by atoms with Gasteiger partial charge >= 0.3 is 0 Å². The van der Waals surface area contributed by atoms with Crippen molar-refractivity contribution in [3.05, 3.63) is 18.3 Å². The third-order valence-electron chi connectivity index (χ3n) is 1.27. The highest BCUT2D eigenvalue weighted by atomic mass is 15.1. The Morgan fingerprint density at radius 2 is 2.18 bits per heavy atom. The minimum Gasteiger partial charge on any atom is -0.239 e. The Labute approximate surface area is 62.5 Å². The van der Waals surface area contributed by atoms with Crippen LogP contribution in [0.25, 0.3) is 11.2 Å². The van der Waals surface area contributed by atoms with Crippen LogP contribution in [-0.4, -0.2) is 25.1 Å². The lowest BCUT2D eigenvalue weighted by Gasteiger charge is -1.92. The molecule has 0 aliphatic heterocycles. The van der Waals surface area contributed by atoms with E-state index in [9.17, 15) is 0 Å². The van der Waals surface area contributed by atoms with Crippen molar-refractivity contribution >= 4 is 11.2 Å². The van der Waals surface area contributed by atoms with Gasteiger partial charge in [0.1, 0.15) is 17.7 Å². The molecule has 0 bridgehead atoms. The van der Waals surface area contributed by atoms with Gasteiger partial charge in [0, 0.05) is 0 Å². The minimum atomic E-state index is 0.590. The van der Waals surface area contributed by atoms with E-state index in [2.05, 4.69) is 25.1 Å². The smallest absolute Gasteiger partial charge is 0.184 e. The molecule has 2 rings (SSSR count). The first-order valence-electron chi connectivity index (χ1n) is 3.13. The largest absolute Gasteiger partial charge is 0.239 e. The highest BCUT2D eigenvalue weighted by Crippen LogP contribution is 1.99. The van der Waals surface area contributed by atoms with Gasteiger partial charge in [-0.1, -0.05) is 0 Å². The second-order valence-corrected chi connectivity index (χ2v) is 2.09. The molecule has 0 aliphatic rings. The molecule has 0 fully saturated rings. The van der Waals surface area contributed by atoms with Crippen LogP contribution >= 0.6 is 0 Å². The molecule has 0 saturated carbocycles. The van der Waals surface area contributed by atoms with E-state index in [1.54, 1.807) is 6.20 Å². The first-order valence-corrected chi connectivity index (χ1v) is 3.13. The van der Waals surface area contributed by atoms with E-state index >= 15 is 0 Å².